The van der Waals surface area contributed by atoms with Crippen molar-refractivity contribution in [3.63, 3.8) is 0 Å². The molecule has 0 N–H and O–H groups in total. The van der Waals surface area contributed by atoms with Crippen molar-refractivity contribution in [3.8, 4) is 5.75 Å². The van der Waals surface area contributed by atoms with Gasteiger partial charge in [-0.3, -0.25) is 9.59 Å². The number of benzene rings is 2. The first-order valence-electron chi connectivity index (χ1n) is 12.3. The summed E-state index contributed by atoms with van der Waals surface area (Å²) in [7, 11) is 1.67. The van der Waals surface area contributed by atoms with Crippen LogP contribution in [0.4, 0.5) is 0 Å². The highest BCUT2D eigenvalue weighted by Crippen LogP contribution is 2.51. The van der Waals surface area contributed by atoms with Gasteiger partial charge in [-0.15, -0.1) is 0 Å². The van der Waals surface area contributed by atoms with Gasteiger partial charge in [0.25, 0.3) is 0 Å². The second kappa shape index (κ2) is 8.85. The number of likely N-dealkylation sites (tertiary alicyclic amines) is 2. The van der Waals surface area contributed by atoms with Crippen LogP contribution in [-0.4, -0.2) is 48.4 Å². The van der Waals surface area contributed by atoms with E-state index in [4.69, 9.17) is 4.74 Å². The Kier molecular flexibility index (Phi) is 5.90. The highest BCUT2D eigenvalue weighted by molar-refractivity contribution is 5.91. The van der Waals surface area contributed by atoms with E-state index < -0.39 is 0 Å². The Labute approximate surface area is 196 Å². The Balaban J connectivity index is 1.20. The first-order chi connectivity index (χ1) is 16.0. The molecule has 3 aliphatic rings. The van der Waals surface area contributed by atoms with E-state index in [1.165, 1.54) is 5.56 Å². The van der Waals surface area contributed by atoms with Crippen LogP contribution < -0.4 is 4.74 Å². The minimum absolute atomic E-state index is 0.189. The summed E-state index contributed by atoms with van der Waals surface area (Å²) in [6, 6.07) is 18.3. The van der Waals surface area contributed by atoms with Gasteiger partial charge in [-0.2, -0.15) is 0 Å². The van der Waals surface area contributed by atoms with E-state index in [0.717, 1.165) is 69.5 Å². The highest BCUT2D eigenvalue weighted by atomic mass is 16.5. The fraction of sp³-hybridized carbons (Fsp3) is 0.500. The standard InChI is InChI=1S/C28H34N2O3/c1-33-24-9-7-23(8-10-24)28(13-14-28)26(32)29-18-15-27(16-19-29)12-11-25(31)30(20-17-27)21-22-5-3-2-4-6-22/h2-10H,11-21H2,1H3. The maximum absolute atomic E-state index is 13.5. The molecule has 33 heavy (non-hydrogen) atoms. The van der Waals surface area contributed by atoms with Crippen molar-refractivity contribution >= 4 is 11.8 Å². The van der Waals surface area contributed by atoms with E-state index in [2.05, 4.69) is 17.0 Å². The maximum Gasteiger partial charge on any atom is 0.233 e. The topological polar surface area (TPSA) is 49.9 Å². The Morgan fingerprint density at radius 3 is 2.18 bits per heavy atom. The summed E-state index contributed by atoms with van der Waals surface area (Å²) < 4.78 is 5.28. The van der Waals surface area contributed by atoms with Crippen LogP contribution in [0.15, 0.2) is 54.6 Å². The fourth-order valence-corrected chi connectivity index (χ4v) is 5.77. The van der Waals surface area contributed by atoms with Crippen LogP contribution >= 0.6 is 0 Å². The normalized spacial score (nSPS) is 21.5. The van der Waals surface area contributed by atoms with E-state index in [1.54, 1.807) is 7.11 Å². The lowest BCUT2D eigenvalue weighted by Crippen LogP contribution is -2.47. The van der Waals surface area contributed by atoms with Crippen LogP contribution in [-0.2, 0) is 21.5 Å². The Bertz CT molecular complexity index is 990. The molecule has 2 saturated heterocycles. The molecule has 1 spiro atoms. The van der Waals surface area contributed by atoms with Crippen LogP contribution in [0.1, 0.15) is 56.1 Å². The Morgan fingerprint density at radius 1 is 0.879 bits per heavy atom. The molecule has 1 saturated carbocycles. The molecule has 0 bridgehead atoms. The smallest absolute Gasteiger partial charge is 0.233 e. The van der Waals surface area contributed by atoms with Crippen molar-refractivity contribution in [2.75, 3.05) is 26.7 Å². The average molecular weight is 447 g/mol. The molecule has 2 aliphatic heterocycles. The van der Waals surface area contributed by atoms with Gasteiger partial charge in [0, 0.05) is 32.6 Å². The van der Waals surface area contributed by atoms with E-state index in [0.29, 0.717) is 13.0 Å². The molecule has 0 unspecified atom stereocenters. The quantitative estimate of drug-likeness (QED) is 0.677. The summed E-state index contributed by atoms with van der Waals surface area (Å²) in [6.45, 7) is 3.13. The zero-order valence-corrected chi connectivity index (χ0v) is 19.6. The summed E-state index contributed by atoms with van der Waals surface area (Å²) in [6.07, 6.45) is 6.48. The van der Waals surface area contributed by atoms with Gasteiger partial charge in [-0.25, -0.2) is 0 Å². The van der Waals surface area contributed by atoms with Crippen molar-refractivity contribution in [1.82, 2.24) is 9.80 Å². The third kappa shape index (κ3) is 4.38. The van der Waals surface area contributed by atoms with Gasteiger partial charge in [-0.1, -0.05) is 42.5 Å². The zero-order chi connectivity index (χ0) is 22.9. The van der Waals surface area contributed by atoms with Crippen LogP contribution in [0.5, 0.6) is 5.75 Å². The SMILES string of the molecule is COc1ccc(C2(C(=O)N3CCC4(CCC(=O)N(Cc5ccccc5)CC4)CC3)CC2)cc1. The second-order valence-corrected chi connectivity index (χ2v) is 10.2. The van der Waals surface area contributed by atoms with Crippen LogP contribution in [0.3, 0.4) is 0 Å². The molecule has 0 radical (unpaired) electrons. The predicted molar refractivity (Wildman–Crippen MR) is 128 cm³/mol. The van der Waals surface area contributed by atoms with Crippen LogP contribution in [0.2, 0.25) is 0 Å². The monoisotopic (exact) mass is 446 g/mol. The molecule has 2 heterocycles. The lowest BCUT2D eigenvalue weighted by atomic mass is 9.72. The Morgan fingerprint density at radius 2 is 1.55 bits per heavy atom. The number of hydrogen-bond acceptors (Lipinski definition) is 3. The number of hydrogen-bond donors (Lipinski definition) is 0. The number of amides is 2. The Hall–Kier alpha value is -2.82. The van der Waals surface area contributed by atoms with Gasteiger partial charge >= 0.3 is 0 Å². The molecule has 0 aromatic heterocycles. The summed E-state index contributed by atoms with van der Waals surface area (Å²) >= 11 is 0. The number of carbonyl (C=O) groups excluding carboxylic acids is 2. The number of piperidine rings is 1. The molecule has 3 fully saturated rings. The lowest BCUT2D eigenvalue weighted by Gasteiger charge is -2.42. The average Bonchev–Trinajstić information content (AvgIpc) is 3.69. The van der Waals surface area contributed by atoms with Gasteiger partial charge in [0.05, 0.1) is 12.5 Å². The first kappa shape index (κ1) is 22.0. The number of ether oxygens (including phenoxy) is 1. The number of methoxy groups -OCH3 is 1. The van der Waals surface area contributed by atoms with E-state index in [-0.39, 0.29) is 22.6 Å². The van der Waals surface area contributed by atoms with E-state index in [1.807, 2.05) is 47.4 Å². The van der Waals surface area contributed by atoms with Crippen molar-refractivity contribution in [2.45, 2.75) is 56.9 Å². The van der Waals surface area contributed by atoms with Gasteiger partial charge < -0.3 is 14.5 Å². The molecule has 1 aliphatic carbocycles. The molecule has 2 aromatic rings. The second-order valence-electron chi connectivity index (χ2n) is 10.2. The van der Waals surface area contributed by atoms with Crippen molar-refractivity contribution in [2.24, 2.45) is 5.41 Å². The minimum atomic E-state index is -0.331. The van der Waals surface area contributed by atoms with E-state index >= 15 is 0 Å². The summed E-state index contributed by atoms with van der Waals surface area (Å²) in [4.78, 5) is 30.5. The first-order valence-corrected chi connectivity index (χ1v) is 12.3. The molecule has 5 heteroatoms. The van der Waals surface area contributed by atoms with Crippen molar-refractivity contribution in [3.05, 3.63) is 65.7 Å². The van der Waals surface area contributed by atoms with Crippen molar-refractivity contribution < 1.29 is 14.3 Å². The molecule has 0 atom stereocenters. The largest absolute Gasteiger partial charge is 0.497 e. The lowest BCUT2D eigenvalue weighted by molar-refractivity contribution is -0.136. The number of rotatable bonds is 5. The van der Waals surface area contributed by atoms with Crippen LogP contribution in [0, 0.1) is 5.41 Å². The van der Waals surface area contributed by atoms with Crippen LogP contribution in [0.25, 0.3) is 0 Å². The van der Waals surface area contributed by atoms with Gasteiger partial charge in [0.2, 0.25) is 11.8 Å². The zero-order valence-electron chi connectivity index (χ0n) is 19.6. The molecule has 5 rings (SSSR count). The summed E-state index contributed by atoms with van der Waals surface area (Å²) in [5, 5.41) is 0. The molecule has 174 valence electrons. The number of carbonyl (C=O) groups is 2. The highest BCUT2D eigenvalue weighted by Gasteiger charge is 2.54. The summed E-state index contributed by atoms with van der Waals surface area (Å²) in [5.41, 5.74) is 2.16. The minimum Gasteiger partial charge on any atom is -0.497 e. The molecular weight excluding hydrogens is 412 g/mol. The third-order valence-electron chi connectivity index (χ3n) is 8.26. The number of nitrogens with zero attached hydrogens (tertiary/aromatic N) is 2. The van der Waals surface area contributed by atoms with Gasteiger partial charge in [-0.05, 0) is 67.2 Å². The molecular formula is C28H34N2O3. The molecule has 5 nitrogen and oxygen atoms in total. The van der Waals surface area contributed by atoms with Crippen molar-refractivity contribution in [1.29, 1.82) is 0 Å². The molecule has 2 aromatic carbocycles. The van der Waals surface area contributed by atoms with Gasteiger partial charge in [0.1, 0.15) is 5.75 Å². The van der Waals surface area contributed by atoms with Gasteiger partial charge in [0.15, 0.2) is 0 Å². The van der Waals surface area contributed by atoms with E-state index in [9.17, 15) is 9.59 Å². The predicted octanol–water partition coefficient (Wildman–Crippen LogP) is 4.55. The summed E-state index contributed by atoms with van der Waals surface area (Å²) in [5.74, 6) is 1.38. The molecule has 2 amide bonds. The maximum atomic E-state index is 13.5. The third-order valence-corrected chi connectivity index (χ3v) is 8.26. The fourth-order valence-electron chi connectivity index (χ4n) is 5.77.